The van der Waals surface area contributed by atoms with Gasteiger partial charge in [-0.15, -0.1) is 5.10 Å². The van der Waals surface area contributed by atoms with E-state index in [2.05, 4.69) is 9.59 Å². The summed E-state index contributed by atoms with van der Waals surface area (Å²) in [5, 5.41) is 4.07. The Kier molecular flexibility index (Phi) is 2.96. The highest BCUT2D eigenvalue weighted by atomic mass is 35.5. The van der Waals surface area contributed by atoms with Crippen molar-refractivity contribution in [2.24, 2.45) is 0 Å². The number of rotatable bonds is 2. The Hall–Kier alpha value is -0.980. The molecule has 0 bridgehead atoms. The molecule has 1 heterocycles. The topological polar surface area (TPSA) is 59.9 Å². The van der Waals surface area contributed by atoms with Crippen LogP contribution in [0.5, 0.6) is 0 Å². The van der Waals surface area contributed by atoms with Crippen molar-refractivity contribution in [3.63, 3.8) is 0 Å². The fourth-order valence-corrected chi connectivity index (χ4v) is 3.84. The largest absolute Gasteiger partial charge is 0.219 e. The summed E-state index contributed by atoms with van der Waals surface area (Å²) in [5.74, 6) is 0. The van der Waals surface area contributed by atoms with E-state index < -0.39 is 9.84 Å². The first-order chi connectivity index (χ1) is 7.51. The fraction of sp³-hybridized carbons (Fsp3) is 0.111. The van der Waals surface area contributed by atoms with E-state index in [-0.39, 0.29) is 9.10 Å². The second kappa shape index (κ2) is 4.12. The first-order valence-electron chi connectivity index (χ1n) is 4.31. The molecule has 0 radical (unpaired) electrons. The zero-order chi connectivity index (χ0) is 11.8. The zero-order valence-electron chi connectivity index (χ0n) is 8.21. The van der Waals surface area contributed by atoms with Gasteiger partial charge in [0.15, 0.2) is 4.21 Å². The molecule has 0 aliphatic heterocycles. The van der Waals surface area contributed by atoms with Gasteiger partial charge in [0.2, 0.25) is 9.84 Å². The zero-order valence-corrected chi connectivity index (χ0v) is 10.6. The average Bonchev–Trinajstić information content (AvgIpc) is 2.65. The molecule has 2 rings (SSSR count). The van der Waals surface area contributed by atoms with E-state index in [0.29, 0.717) is 10.7 Å². The molecule has 7 heteroatoms. The van der Waals surface area contributed by atoms with Gasteiger partial charge in [0.05, 0.1) is 10.6 Å². The highest BCUT2D eigenvalue weighted by molar-refractivity contribution is 7.93. The molecule has 1 aromatic heterocycles. The van der Waals surface area contributed by atoms with Crippen LogP contribution in [0.15, 0.2) is 33.4 Å². The monoisotopic (exact) mass is 274 g/mol. The molecule has 0 aliphatic carbocycles. The summed E-state index contributed by atoms with van der Waals surface area (Å²) in [6, 6.07) is 6.13. The molecule has 0 spiro atoms. The minimum Gasteiger partial charge on any atom is -0.218 e. The summed E-state index contributed by atoms with van der Waals surface area (Å²) in [6.07, 6.45) is 0. The van der Waals surface area contributed by atoms with Gasteiger partial charge in [-0.05, 0) is 25.1 Å². The summed E-state index contributed by atoms with van der Waals surface area (Å²) in [7, 11) is -3.54. The van der Waals surface area contributed by atoms with Crippen LogP contribution in [-0.4, -0.2) is 18.0 Å². The second-order valence-electron chi connectivity index (χ2n) is 3.11. The molecular formula is C9H7ClN2O2S2. The molecule has 0 amide bonds. The Labute approximate surface area is 102 Å². The summed E-state index contributed by atoms with van der Waals surface area (Å²) >= 11 is 6.62. The van der Waals surface area contributed by atoms with Crippen LogP contribution in [0.3, 0.4) is 0 Å². The Morgan fingerprint density at radius 1 is 1.38 bits per heavy atom. The molecule has 2 aromatic rings. The SMILES string of the molecule is Cc1nnsc1S(=O)(=O)c1cccc(Cl)c1. The van der Waals surface area contributed by atoms with E-state index in [1.54, 1.807) is 19.1 Å². The van der Waals surface area contributed by atoms with Gasteiger partial charge in [0, 0.05) is 16.6 Å². The van der Waals surface area contributed by atoms with Crippen molar-refractivity contribution in [1.29, 1.82) is 0 Å². The van der Waals surface area contributed by atoms with E-state index >= 15 is 0 Å². The molecule has 0 saturated heterocycles. The fourth-order valence-electron chi connectivity index (χ4n) is 1.21. The quantitative estimate of drug-likeness (QED) is 0.843. The van der Waals surface area contributed by atoms with Gasteiger partial charge in [0.1, 0.15) is 0 Å². The van der Waals surface area contributed by atoms with Gasteiger partial charge < -0.3 is 0 Å². The normalized spacial score (nSPS) is 11.6. The third-order valence-corrected chi connectivity index (χ3v) is 5.36. The maximum absolute atomic E-state index is 12.1. The molecule has 1 aromatic carbocycles. The van der Waals surface area contributed by atoms with Gasteiger partial charge in [-0.25, -0.2) is 8.42 Å². The van der Waals surface area contributed by atoms with Crippen molar-refractivity contribution in [3.05, 3.63) is 35.0 Å². The molecule has 84 valence electrons. The Morgan fingerprint density at radius 2 is 2.12 bits per heavy atom. The van der Waals surface area contributed by atoms with Gasteiger partial charge >= 0.3 is 0 Å². The molecule has 0 saturated carbocycles. The summed E-state index contributed by atoms with van der Waals surface area (Å²) in [5.41, 5.74) is 0.407. The van der Waals surface area contributed by atoms with Crippen molar-refractivity contribution in [2.75, 3.05) is 0 Å². The standard InChI is InChI=1S/C9H7ClN2O2S2/c1-6-9(15-12-11-6)16(13,14)8-4-2-3-7(10)5-8/h2-5H,1H3. The van der Waals surface area contributed by atoms with Crippen LogP contribution in [0.2, 0.25) is 5.02 Å². The Balaban J connectivity index is 2.61. The molecule has 0 N–H and O–H groups in total. The predicted molar refractivity (Wildman–Crippen MR) is 61.5 cm³/mol. The second-order valence-corrected chi connectivity index (χ2v) is 6.44. The van der Waals surface area contributed by atoms with Gasteiger partial charge in [-0.3, -0.25) is 0 Å². The van der Waals surface area contributed by atoms with E-state index in [4.69, 9.17) is 11.6 Å². The van der Waals surface area contributed by atoms with Crippen LogP contribution >= 0.6 is 23.1 Å². The van der Waals surface area contributed by atoms with Crippen LogP contribution in [0.4, 0.5) is 0 Å². The molecule has 0 unspecified atom stereocenters. The van der Waals surface area contributed by atoms with E-state index in [0.717, 1.165) is 11.5 Å². The van der Waals surface area contributed by atoms with Crippen LogP contribution in [0.25, 0.3) is 0 Å². The number of nitrogens with zero attached hydrogens (tertiary/aromatic N) is 2. The molecule has 4 nitrogen and oxygen atoms in total. The highest BCUT2D eigenvalue weighted by Crippen LogP contribution is 2.26. The summed E-state index contributed by atoms with van der Waals surface area (Å²) in [4.78, 5) is 0.161. The van der Waals surface area contributed by atoms with Crippen LogP contribution in [0, 0.1) is 6.92 Å². The third kappa shape index (κ3) is 1.95. The number of sulfone groups is 1. The third-order valence-electron chi connectivity index (χ3n) is 1.96. The Morgan fingerprint density at radius 3 is 2.69 bits per heavy atom. The number of hydrogen-bond donors (Lipinski definition) is 0. The van der Waals surface area contributed by atoms with Crippen molar-refractivity contribution in [1.82, 2.24) is 9.59 Å². The van der Waals surface area contributed by atoms with Gasteiger partial charge in [-0.2, -0.15) is 0 Å². The number of hydrogen-bond acceptors (Lipinski definition) is 5. The summed E-state index contributed by atoms with van der Waals surface area (Å²) in [6.45, 7) is 1.61. The van der Waals surface area contributed by atoms with Crippen molar-refractivity contribution in [3.8, 4) is 0 Å². The molecule has 0 fully saturated rings. The van der Waals surface area contributed by atoms with E-state index in [1.165, 1.54) is 12.1 Å². The lowest BCUT2D eigenvalue weighted by atomic mass is 10.4. The molecule has 0 aliphatic rings. The molecular weight excluding hydrogens is 268 g/mol. The number of benzene rings is 1. The van der Waals surface area contributed by atoms with Crippen LogP contribution < -0.4 is 0 Å². The van der Waals surface area contributed by atoms with Gasteiger partial charge in [0.25, 0.3) is 0 Å². The number of aryl methyl sites for hydroxylation is 1. The Bertz CT molecular complexity index is 622. The number of halogens is 1. The first kappa shape index (κ1) is 11.5. The molecule has 16 heavy (non-hydrogen) atoms. The van der Waals surface area contributed by atoms with Crippen LogP contribution in [-0.2, 0) is 9.84 Å². The highest BCUT2D eigenvalue weighted by Gasteiger charge is 2.23. The molecule has 0 atom stereocenters. The number of aromatic nitrogens is 2. The van der Waals surface area contributed by atoms with Gasteiger partial charge in [-0.1, -0.05) is 22.2 Å². The van der Waals surface area contributed by atoms with Crippen molar-refractivity contribution in [2.45, 2.75) is 16.0 Å². The van der Waals surface area contributed by atoms with E-state index in [1.807, 2.05) is 0 Å². The van der Waals surface area contributed by atoms with Crippen LogP contribution in [0.1, 0.15) is 5.69 Å². The summed E-state index contributed by atoms with van der Waals surface area (Å²) < 4.78 is 28.1. The maximum Gasteiger partial charge on any atom is 0.219 e. The lowest BCUT2D eigenvalue weighted by molar-refractivity contribution is 0.597. The maximum atomic E-state index is 12.1. The lowest BCUT2D eigenvalue weighted by Gasteiger charge is -2.01. The minimum atomic E-state index is -3.54. The van der Waals surface area contributed by atoms with Crippen molar-refractivity contribution >= 4 is 33.0 Å². The first-order valence-corrected chi connectivity index (χ1v) is 6.95. The van der Waals surface area contributed by atoms with Crippen molar-refractivity contribution < 1.29 is 8.42 Å². The average molecular weight is 275 g/mol. The van der Waals surface area contributed by atoms with E-state index in [9.17, 15) is 8.42 Å². The predicted octanol–water partition coefficient (Wildman–Crippen LogP) is 2.33. The lowest BCUT2D eigenvalue weighted by Crippen LogP contribution is -2.01. The smallest absolute Gasteiger partial charge is 0.218 e. The minimum absolute atomic E-state index is 0.161.